The average Bonchev–Trinajstić information content (AvgIpc) is 3.19. The molecule has 2 atom stereocenters. The highest BCUT2D eigenvalue weighted by Gasteiger charge is 2.42. The molecule has 1 saturated heterocycles. The summed E-state index contributed by atoms with van der Waals surface area (Å²) in [5, 5.41) is 2.24. The number of rotatable bonds is 7. The van der Waals surface area contributed by atoms with E-state index >= 15 is 0 Å². The summed E-state index contributed by atoms with van der Waals surface area (Å²) in [7, 11) is 1.19. The second kappa shape index (κ2) is 11.9. The third-order valence-corrected chi connectivity index (χ3v) is 5.72. The number of hydrogen-bond acceptors (Lipinski definition) is 9. The number of anilines is 1. The molecule has 190 valence electrons. The topological polar surface area (TPSA) is 128 Å². The summed E-state index contributed by atoms with van der Waals surface area (Å²) in [5.74, 6) is -2.00. The number of carbonyl (C=O) groups is 5. The molecule has 10 nitrogen and oxygen atoms in total. The Bertz CT molecular complexity index is 1020. The molecule has 0 aliphatic carbocycles. The maximum atomic E-state index is 13.2. The Balaban J connectivity index is 2.33. The van der Waals surface area contributed by atoms with Gasteiger partial charge >= 0.3 is 18.0 Å². The number of methoxy groups -OCH3 is 1. The zero-order valence-electron chi connectivity index (χ0n) is 20.4. The van der Waals surface area contributed by atoms with E-state index in [1.807, 2.05) is 0 Å². The van der Waals surface area contributed by atoms with E-state index in [1.54, 1.807) is 20.8 Å². The molecule has 0 radical (unpaired) electrons. The fourth-order valence-corrected chi connectivity index (χ4v) is 4.37. The minimum atomic E-state index is -0.931. The standard InChI is InChI=1S/C24H30N2O8S/c1-7-8-33-22(30)16-9-15(21(29)32-6)10-17(11-16)25-20(28)19-12-18(35-14(2)27)13-26(19)23(31)34-24(3,4)5/h7,9-11,18-19H,1,8,12-13H2,2-6H3,(H,25,28)/t18-,19-/m0/s1. The molecule has 0 unspecified atom stereocenters. The van der Waals surface area contributed by atoms with Gasteiger partial charge in [0.1, 0.15) is 18.2 Å². The lowest BCUT2D eigenvalue weighted by molar-refractivity contribution is -0.120. The van der Waals surface area contributed by atoms with Gasteiger partial charge in [0.2, 0.25) is 5.91 Å². The first-order chi connectivity index (χ1) is 16.3. The summed E-state index contributed by atoms with van der Waals surface area (Å²) in [6, 6.07) is 3.06. The minimum Gasteiger partial charge on any atom is -0.465 e. The number of carbonyl (C=O) groups excluding carboxylic acids is 5. The Morgan fingerprint density at radius 3 is 2.31 bits per heavy atom. The van der Waals surface area contributed by atoms with E-state index in [2.05, 4.69) is 11.9 Å². The molecule has 35 heavy (non-hydrogen) atoms. The van der Waals surface area contributed by atoms with Crippen LogP contribution < -0.4 is 5.32 Å². The molecule has 0 saturated carbocycles. The highest BCUT2D eigenvalue weighted by atomic mass is 32.2. The zero-order chi connectivity index (χ0) is 26.3. The van der Waals surface area contributed by atoms with Crippen molar-refractivity contribution in [3.63, 3.8) is 0 Å². The van der Waals surface area contributed by atoms with E-state index in [0.717, 1.165) is 11.8 Å². The van der Waals surface area contributed by atoms with Gasteiger partial charge < -0.3 is 19.5 Å². The molecule has 1 aromatic rings. The third kappa shape index (κ3) is 8.13. The van der Waals surface area contributed by atoms with Crippen molar-refractivity contribution < 1.29 is 38.2 Å². The molecule has 1 heterocycles. The van der Waals surface area contributed by atoms with Crippen molar-refractivity contribution in [3.8, 4) is 0 Å². The lowest BCUT2D eigenvalue weighted by Crippen LogP contribution is -2.45. The van der Waals surface area contributed by atoms with Crippen molar-refractivity contribution in [2.24, 2.45) is 0 Å². The van der Waals surface area contributed by atoms with Crippen molar-refractivity contribution in [2.75, 3.05) is 25.6 Å². The predicted octanol–water partition coefficient (Wildman–Crippen LogP) is 3.41. The van der Waals surface area contributed by atoms with Crippen molar-refractivity contribution >= 4 is 46.5 Å². The van der Waals surface area contributed by atoms with E-state index in [0.29, 0.717) is 0 Å². The van der Waals surface area contributed by atoms with Gasteiger partial charge in [0.15, 0.2) is 5.12 Å². The van der Waals surface area contributed by atoms with Gasteiger partial charge in [0.05, 0.1) is 18.2 Å². The number of nitrogens with one attached hydrogen (secondary N) is 1. The van der Waals surface area contributed by atoms with Crippen LogP contribution in [0, 0.1) is 0 Å². The molecule has 1 aliphatic heterocycles. The molecular formula is C24H30N2O8S. The Kier molecular flexibility index (Phi) is 9.47. The number of thioether (sulfide) groups is 1. The van der Waals surface area contributed by atoms with E-state index in [-0.39, 0.29) is 46.8 Å². The van der Waals surface area contributed by atoms with Crippen LogP contribution >= 0.6 is 11.8 Å². The number of amides is 2. The van der Waals surface area contributed by atoms with E-state index in [1.165, 1.54) is 43.2 Å². The number of nitrogens with zero attached hydrogens (tertiary/aromatic N) is 1. The Morgan fingerprint density at radius 2 is 1.77 bits per heavy atom. The van der Waals surface area contributed by atoms with Gasteiger partial charge in [-0.3, -0.25) is 14.5 Å². The van der Waals surface area contributed by atoms with E-state index < -0.39 is 35.6 Å². The summed E-state index contributed by atoms with van der Waals surface area (Å²) in [6.07, 6.45) is 0.938. The number of esters is 2. The molecule has 0 aromatic heterocycles. The largest absolute Gasteiger partial charge is 0.465 e. The van der Waals surface area contributed by atoms with Crippen LogP contribution in [-0.4, -0.2) is 71.1 Å². The lowest BCUT2D eigenvalue weighted by Gasteiger charge is -2.28. The van der Waals surface area contributed by atoms with Gasteiger partial charge in [0.25, 0.3) is 0 Å². The normalized spacial score (nSPS) is 17.3. The first-order valence-corrected chi connectivity index (χ1v) is 11.7. The molecule has 2 amide bonds. The SMILES string of the molecule is C=CCOC(=O)c1cc(NC(=O)[C@@H]2C[C@H](SC(C)=O)CN2C(=O)OC(C)(C)C)cc(C(=O)OC)c1. The molecule has 0 bridgehead atoms. The van der Waals surface area contributed by atoms with Gasteiger partial charge in [-0.05, 0) is 45.4 Å². The Morgan fingerprint density at radius 1 is 1.14 bits per heavy atom. The van der Waals surface area contributed by atoms with Crippen LogP contribution in [0.1, 0.15) is 54.8 Å². The Labute approximate surface area is 208 Å². The Hall–Kier alpha value is -3.34. The van der Waals surface area contributed by atoms with Crippen LogP contribution in [0.25, 0.3) is 0 Å². The highest BCUT2D eigenvalue weighted by molar-refractivity contribution is 8.14. The first-order valence-electron chi connectivity index (χ1n) is 10.8. The molecule has 1 aromatic carbocycles. The van der Waals surface area contributed by atoms with Gasteiger partial charge in [-0.2, -0.15) is 0 Å². The maximum absolute atomic E-state index is 13.2. The fourth-order valence-electron chi connectivity index (χ4n) is 3.39. The molecule has 1 aliphatic rings. The van der Waals surface area contributed by atoms with Crippen LogP contribution in [0.15, 0.2) is 30.9 Å². The molecular weight excluding hydrogens is 476 g/mol. The molecule has 1 fully saturated rings. The van der Waals surface area contributed by atoms with Crippen LogP contribution in [0.5, 0.6) is 0 Å². The first kappa shape index (κ1) is 27.9. The monoisotopic (exact) mass is 506 g/mol. The highest BCUT2D eigenvalue weighted by Crippen LogP contribution is 2.30. The van der Waals surface area contributed by atoms with Gasteiger partial charge in [-0.25, -0.2) is 14.4 Å². The van der Waals surface area contributed by atoms with E-state index in [9.17, 15) is 24.0 Å². The molecule has 1 N–H and O–H groups in total. The summed E-state index contributed by atoms with van der Waals surface area (Å²) in [6.45, 7) is 10.1. The minimum absolute atomic E-state index is 0.0190. The molecule has 2 rings (SSSR count). The van der Waals surface area contributed by atoms with Crippen molar-refractivity contribution in [2.45, 2.75) is 51.0 Å². The number of ether oxygens (including phenoxy) is 3. The van der Waals surface area contributed by atoms with Crippen LogP contribution in [-0.2, 0) is 23.8 Å². The third-order valence-electron chi connectivity index (χ3n) is 4.72. The second-order valence-electron chi connectivity index (χ2n) is 8.78. The summed E-state index contributed by atoms with van der Waals surface area (Å²) in [4.78, 5) is 63.4. The summed E-state index contributed by atoms with van der Waals surface area (Å²) in [5.41, 5.74) is -0.601. The summed E-state index contributed by atoms with van der Waals surface area (Å²) < 4.78 is 15.2. The smallest absolute Gasteiger partial charge is 0.411 e. The predicted molar refractivity (Wildman–Crippen MR) is 130 cm³/mol. The zero-order valence-corrected chi connectivity index (χ0v) is 21.2. The molecule has 11 heteroatoms. The van der Waals surface area contributed by atoms with E-state index in [4.69, 9.17) is 14.2 Å². The fraction of sp³-hybridized carbons (Fsp3) is 0.458. The maximum Gasteiger partial charge on any atom is 0.411 e. The number of hydrogen-bond donors (Lipinski definition) is 1. The van der Waals surface area contributed by atoms with Gasteiger partial charge in [0, 0.05) is 24.4 Å². The quantitative estimate of drug-likeness (QED) is 0.336. The van der Waals surface area contributed by atoms with Crippen LogP contribution in [0.2, 0.25) is 0 Å². The second-order valence-corrected chi connectivity index (χ2v) is 10.3. The number of benzene rings is 1. The van der Waals surface area contributed by atoms with Gasteiger partial charge in [-0.15, -0.1) is 0 Å². The molecule has 0 spiro atoms. The van der Waals surface area contributed by atoms with Gasteiger partial charge in [-0.1, -0.05) is 24.4 Å². The van der Waals surface area contributed by atoms with Crippen molar-refractivity contribution in [1.29, 1.82) is 0 Å². The lowest BCUT2D eigenvalue weighted by atomic mass is 10.1. The van der Waals surface area contributed by atoms with Crippen LogP contribution in [0.4, 0.5) is 10.5 Å². The average molecular weight is 507 g/mol. The van der Waals surface area contributed by atoms with Crippen molar-refractivity contribution in [3.05, 3.63) is 42.0 Å². The number of likely N-dealkylation sites (tertiary alicyclic amines) is 1. The van der Waals surface area contributed by atoms with Crippen LogP contribution in [0.3, 0.4) is 0 Å². The van der Waals surface area contributed by atoms with Crippen molar-refractivity contribution in [1.82, 2.24) is 4.90 Å². The summed E-state index contributed by atoms with van der Waals surface area (Å²) >= 11 is 1.05.